The summed E-state index contributed by atoms with van der Waals surface area (Å²) < 4.78 is 16.2. The van der Waals surface area contributed by atoms with Crippen molar-refractivity contribution in [3.63, 3.8) is 0 Å². The summed E-state index contributed by atoms with van der Waals surface area (Å²) in [4.78, 5) is 0. The molecule has 1 aromatic rings. The van der Waals surface area contributed by atoms with E-state index in [1.807, 2.05) is 18.2 Å². The van der Waals surface area contributed by atoms with Gasteiger partial charge in [0.2, 0.25) is 0 Å². The summed E-state index contributed by atoms with van der Waals surface area (Å²) in [5, 5.41) is 3.43. The molecule has 4 nitrogen and oxygen atoms in total. The molecule has 0 atom stereocenters. The van der Waals surface area contributed by atoms with Crippen LogP contribution in [0, 0.1) is 0 Å². The van der Waals surface area contributed by atoms with Crippen LogP contribution in [0.3, 0.4) is 0 Å². The van der Waals surface area contributed by atoms with Gasteiger partial charge in [0.05, 0.1) is 27.4 Å². The number of hydrogen-bond donors (Lipinski definition) is 1. The van der Waals surface area contributed by atoms with Crippen molar-refractivity contribution >= 4 is 0 Å². The second kappa shape index (κ2) is 7.36. The highest BCUT2D eigenvalue weighted by Crippen LogP contribution is 2.24. The zero-order valence-electron chi connectivity index (χ0n) is 11.8. The van der Waals surface area contributed by atoms with Crippen molar-refractivity contribution in [3.8, 4) is 11.5 Å². The standard InChI is InChI=1S/C15H23NO3/c1-17-14-6-3-12(15(11-14)18-2)7-9-19-10-8-16-13-4-5-13/h3,6,11,13,16H,4-5,7-10H2,1-2H3. The molecule has 106 valence electrons. The first-order valence-electron chi connectivity index (χ1n) is 6.85. The molecule has 1 aromatic carbocycles. The highest BCUT2D eigenvalue weighted by molar-refractivity contribution is 5.40. The van der Waals surface area contributed by atoms with Gasteiger partial charge in [-0.15, -0.1) is 0 Å². The van der Waals surface area contributed by atoms with E-state index in [2.05, 4.69) is 5.32 Å². The van der Waals surface area contributed by atoms with Crippen molar-refractivity contribution < 1.29 is 14.2 Å². The molecule has 0 unspecified atom stereocenters. The van der Waals surface area contributed by atoms with Gasteiger partial charge in [-0.3, -0.25) is 0 Å². The Morgan fingerprint density at radius 1 is 1.16 bits per heavy atom. The molecule has 1 aliphatic rings. The van der Waals surface area contributed by atoms with Gasteiger partial charge in [-0.05, 0) is 30.9 Å². The molecular weight excluding hydrogens is 242 g/mol. The van der Waals surface area contributed by atoms with E-state index in [-0.39, 0.29) is 0 Å². The quantitative estimate of drug-likeness (QED) is 0.693. The molecule has 2 rings (SSSR count). The van der Waals surface area contributed by atoms with Crippen LogP contribution < -0.4 is 14.8 Å². The summed E-state index contributed by atoms with van der Waals surface area (Å²) in [5.41, 5.74) is 1.15. The van der Waals surface area contributed by atoms with E-state index in [0.29, 0.717) is 0 Å². The Labute approximate surface area is 115 Å². The summed E-state index contributed by atoms with van der Waals surface area (Å²) in [5.74, 6) is 1.68. The van der Waals surface area contributed by atoms with Gasteiger partial charge in [0.15, 0.2) is 0 Å². The van der Waals surface area contributed by atoms with Crippen LogP contribution >= 0.6 is 0 Å². The summed E-state index contributed by atoms with van der Waals surface area (Å²) >= 11 is 0. The van der Waals surface area contributed by atoms with Crippen LogP contribution in [-0.4, -0.2) is 40.0 Å². The number of benzene rings is 1. The molecule has 0 amide bonds. The van der Waals surface area contributed by atoms with Crippen molar-refractivity contribution in [1.82, 2.24) is 5.32 Å². The second-order valence-corrected chi connectivity index (χ2v) is 4.77. The lowest BCUT2D eigenvalue weighted by molar-refractivity contribution is 0.138. The van der Waals surface area contributed by atoms with E-state index < -0.39 is 0 Å². The molecule has 1 aliphatic carbocycles. The Balaban J connectivity index is 1.68. The number of nitrogens with one attached hydrogen (secondary N) is 1. The average Bonchev–Trinajstić information content (AvgIpc) is 3.26. The van der Waals surface area contributed by atoms with Gasteiger partial charge in [-0.2, -0.15) is 0 Å². The monoisotopic (exact) mass is 265 g/mol. The largest absolute Gasteiger partial charge is 0.497 e. The Hall–Kier alpha value is -1.26. The van der Waals surface area contributed by atoms with Gasteiger partial charge < -0.3 is 19.5 Å². The number of ether oxygens (including phenoxy) is 3. The maximum absolute atomic E-state index is 5.62. The van der Waals surface area contributed by atoms with Crippen LogP contribution in [0.4, 0.5) is 0 Å². The van der Waals surface area contributed by atoms with E-state index in [1.54, 1.807) is 14.2 Å². The molecule has 0 bridgehead atoms. The Morgan fingerprint density at radius 2 is 2.00 bits per heavy atom. The van der Waals surface area contributed by atoms with Crippen LogP contribution in [-0.2, 0) is 11.2 Å². The number of methoxy groups -OCH3 is 2. The van der Waals surface area contributed by atoms with E-state index >= 15 is 0 Å². The average molecular weight is 265 g/mol. The molecule has 0 aromatic heterocycles. The van der Waals surface area contributed by atoms with Crippen molar-refractivity contribution in [2.45, 2.75) is 25.3 Å². The zero-order chi connectivity index (χ0) is 13.5. The second-order valence-electron chi connectivity index (χ2n) is 4.77. The Bertz CT molecular complexity index is 391. The van der Waals surface area contributed by atoms with Gasteiger partial charge in [-0.1, -0.05) is 6.07 Å². The molecule has 0 saturated heterocycles. The van der Waals surface area contributed by atoms with Crippen molar-refractivity contribution in [2.75, 3.05) is 34.0 Å². The minimum Gasteiger partial charge on any atom is -0.497 e. The van der Waals surface area contributed by atoms with Crippen molar-refractivity contribution in [2.24, 2.45) is 0 Å². The van der Waals surface area contributed by atoms with Crippen molar-refractivity contribution in [3.05, 3.63) is 23.8 Å². The lowest BCUT2D eigenvalue weighted by Crippen LogP contribution is -2.22. The van der Waals surface area contributed by atoms with Gasteiger partial charge >= 0.3 is 0 Å². The van der Waals surface area contributed by atoms with Gasteiger partial charge in [-0.25, -0.2) is 0 Å². The lowest BCUT2D eigenvalue weighted by atomic mass is 10.1. The highest BCUT2D eigenvalue weighted by atomic mass is 16.5. The summed E-state index contributed by atoms with van der Waals surface area (Å²) in [6.07, 6.45) is 3.50. The molecule has 4 heteroatoms. The van der Waals surface area contributed by atoms with Gasteiger partial charge in [0, 0.05) is 18.7 Å². The third kappa shape index (κ3) is 4.73. The highest BCUT2D eigenvalue weighted by Gasteiger charge is 2.19. The van der Waals surface area contributed by atoms with Crippen LogP contribution in [0.15, 0.2) is 18.2 Å². The molecule has 0 radical (unpaired) electrons. The molecule has 1 fully saturated rings. The molecule has 0 heterocycles. The molecule has 0 aliphatic heterocycles. The predicted molar refractivity (Wildman–Crippen MR) is 75.1 cm³/mol. The molecule has 1 saturated carbocycles. The SMILES string of the molecule is COc1ccc(CCOCCNC2CC2)c(OC)c1. The first kappa shape index (κ1) is 14.2. The third-order valence-corrected chi connectivity index (χ3v) is 3.27. The summed E-state index contributed by atoms with van der Waals surface area (Å²) in [7, 11) is 3.34. The molecule has 1 N–H and O–H groups in total. The molecule has 0 spiro atoms. The Morgan fingerprint density at radius 3 is 2.68 bits per heavy atom. The number of hydrogen-bond acceptors (Lipinski definition) is 4. The molecular formula is C15H23NO3. The van der Waals surface area contributed by atoms with Crippen LogP contribution in [0.2, 0.25) is 0 Å². The lowest BCUT2D eigenvalue weighted by Gasteiger charge is -2.10. The number of rotatable bonds is 9. The normalized spacial score (nSPS) is 14.4. The van der Waals surface area contributed by atoms with Gasteiger partial charge in [0.1, 0.15) is 11.5 Å². The van der Waals surface area contributed by atoms with E-state index in [1.165, 1.54) is 12.8 Å². The third-order valence-electron chi connectivity index (χ3n) is 3.27. The summed E-state index contributed by atoms with van der Waals surface area (Å²) in [6, 6.07) is 6.64. The topological polar surface area (TPSA) is 39.7 Å². The maximum Gasteiger partial charge on any atom is 0.125 e. The predicted octanol–water partition coefficient (Wildman–Crippen LogP) is 2.01. The fraction of sp³-hybridized carbons (Fsp3) is 0.600. The van der Waals surface area contributed by atoms with E-state index in [9.17, 15) is 0 Å². The first-order chi connectivity index (χ1) is 9.33. The summed E-state index contributed by atoms with van der Waals surface area (Å²) in [6.45, 7) is 2.44. The zero-order valence-corrected chi connectivity index (χ0v) is 11.8. The van der Waals surface area contributed by atoms with Crippen LogP contribution in [0.5, 0.6) is 11.5 Å². The first-order valence-corrected chi connectivity index (χ1v) is 6.85. The van der Waals surface area contributed by atoms with E-state index in [0.717, 1.165) is 49.3 Å². The Kier molecular flexibility index (Phi) is 5.48. The minimum absolute atomic E-state index is 0.717. The molecule has 19 heavy (non-hydrogen) atoms. The fourth-order valence-electron chi connectivity index (χ4n) is 1.97. The van der Waals surface area contributed by atoms with Crippen molar-refractivity contribution in [1.29, 1.82) is 0 Å². The van der Waals surface area contributed by atoms with Crippen LogP contribution in [0.25, 0.3) is 0 Å². The van der Waals surface area contributed by atoms with Gasteiger partial charge in [0.25, 0.3) is 0 Å². The smallest absolute Gasteiger partial charge is 0.125 e. The van der Waals surface area contributed by atoms with E-state index in [4.69, 9.17) is 14.2 Å². The maximum atomic E-state index is 5.62. The fourth-order valence-corrected chi connectivity index (χ4v) is 1.97. The minimum atomic E-state index is 0.717. The van der Waals surface area contributed by atoms with Crippen LogP contribution in [0.1, 0.15) is 18.4 Å².